The normalized spacial score (nSPS) is 8.09. The molecule has 52 valence electrons. The SMILES string of the molecule is CC=CC=CC(=O)[O-].[Cl-].[K+].[K+]. The molecule has 0 aliphatic carbocycles. The Morgan fingerprint density at radius 2 is 1.73 bits per heavy atom. The van der Waals surface area contributed by atoms with Crippen LogP contribution in [0.2, 0.25) is 0 Å². The van der Waals surface area contributed by atoms with Crippen molar-refractivity contribution in [3.8, 4) is 0 Å². The Hall–Kier alpha value is 2.51. The van der Waals surface area contributed by atoms with Gasteiger partial charge in [0.2, 0.25) is 0 Å². The van der Waals surface area contributed by atoms with E-state index in [0.29, 0.717) is 0 Å². The number of carbonyl (C=O) groups excluding carboxylic acids is 1. The van der Waals surface area contributed by atoms with Crippen molar-refractivity contribution in [1.29, 1.82) is 0 Å². The van der Waals surface area contributed by atoms with Crippen LogP contribution < -0.4 is 120 Å². The maximum atomic E-state index is 9.64. The predicted molar refractivity (Wildman–Crippen MR) is 29.0 cm³/mol. The fourth-order valence-electron chi connectivity index (χ4n) is 0.245. The fraction of sp³-hybridized carbons (Fsp3) is 0.167. The number of allylic oxidation sites excluding steroid dienone is 3. The van der Waals surface area contributed by atoms with E-state index >= 15 is 0 Å². The summed E-state index contributed by atoms with van der Waals surface area (Å²) in [4.78, 5) is 9.64. The molecule has 0 heterocycles. The van der Waals surface area contributed by atoms with Crippen LogP contribution in [0.5, 0.6) is 0 Å². The summed E-state index contributed by atoms with van der Waals surface area (Å²) in [5.41, 5.74) is 0. The Morgan fingerprint density at radius 1 is 1.27 bits per heavy atom. The van der Waals surface area contributed by atoms with E-state index in [1.807, 2.05) is 0 Å². The summed E-state index contributed by atoms with van der Waals surface area (Å²) in [5, 5.41) is 9.64. The number of aliphatic carboxylic acids is 1. The van der Waals surface area contributed by atoms with Crippen molar-refractivity contribution < 1.29 is 125 Å². The van der Waals surface area contributed by atoms with Gasteiger partial charge in [-0.1, -0.05) is 18.2 Å². The molecule has 0 aliphatic heterocycles. The number of hydrogen-bond donors (Lipinski definition) is 0. The minimum Gasteiger partial charge on any atom is -1.00 e. The molecule has 0 aromatic heterocycles. The van der Waals surface area contributed by atoms with Gasteiger partial charge < -0.3 is 22.3 Å². The van der Waals surface area contributed by atoms with Crippen LogP contribution in [0, 0.1) is 0 Å². The Bertz CT molecular complexity index is 135. The maximum Gasteiger partial charge on any atom is 1.00 e. The first kappa shape index (κ1) is 23.4. The first-order valence-electron chi connectivity index (χ1n) is 2.27. The standard InChI is InChI=1S/C6H8O2.ClH.2K/c1-2-3-4-5-6(7)8;;;/h2-5H,1H3,(H,7,8);1H;;/q;;2*+1/p-2. The fourth-order valence-corrected chi connectivity index (χ4v) is 0.245. The van der Waals surface area contributed by atoms with Gasteiger partial charge in [-0.15, -0.1) is 0 Å². The summed E-state index contributed by atoms with van der Waals surface area (Å²) in [7, 11) is 0. The van der Waals surface area contributed by atoms with Crippen LogP contribution in [0.15, 0.2) is 24.3 Å². The molecular weight excluding hydrogens is 218 g/mol. The van der Waals surface area contributed by atoms with E-state index in [-0.39, 0.29) is 115 Å². The largest absolute Gasteiger partial charge is 1.00 e. The number of hydrogen-bond acceptors (Lipinski definition) is 2. The summed E-state index contributed by atoms with van der Waals surface area (Å²) in [6, 6.07) is 0. The molecule has 0 unspecified atom stereocenters. The zero-order valence-corrected chi connectivity index (χ0v) is 14.0. The molecular formula is C6H7ClK2O2. The minimum absolute atomic E-state index is 0. The van der Waals surface area contributed by atoms with E-state index in [1.165, 1.54) is 6.08 Å². The smallest absolute Gasteiger partial charge is 1.00 e. The van der Waals surface area contributed by atoms with Crippen molar-refractivity contribution in [2.75, 3.05) is 0 Å². The van der Waals surface area contributed by atoms with E-state index < -0.39 is 5.97 Å². The minimum atomic E-state index is -1.16. The Morgan fingerprint density at radius 3 is 2.00 bits per heavy atom. The van der Waals surface area contributed by atoms with Crippen molar-refractivity contribution >= 4 is 5.97 Å². The molecule has 5 heteroatoms. The van der Waals surface area contributed by atoms with Gasteiger partial charge in [0.1, 0.15) is 0 Å². The number of rotatable bonds is 2. The summed E-state index contributed by atoms with van der Waals surface area (Å²) < 4.78 is 0. The molecule has 11 heavy (non-hydrogen) atoms. The molecule has 0 amide bonds. The van der Waals surface area contributed by atoms with E-state index in [4.69, 9.17) is 0 Å². The molecule has 0 aromatic rings. The second-order valence-electron chi connectivity index (χ2n) is 1.20. The third-order valence-electron chi connectivity index (χ3n) is 0.536. The van der Waals surface area contributed by atoms with Gasteiger partial charge in [-0.05, 0) is 13.0 Å². The molecule has 0 aliphatic rings. The Kier molecular flexibility index (Phi) is 39.0. The van der Waals surface area contributed by atoms with Crippen LogP contribution in [0.1, 0.15) is 6.92 Å². The van der Waals surface area contributed by atoms with Gasteiger partial charge in [-0.2, -0.15) is 0 Å². The number of carbonyl (C=O) groups is 1. The van der Waals surface area contributed by atoms with Crippen LogP contribution in [0.3, 0.4) is 0 Å². The molecule has 0 atom stereocenters. The zero-order chi connectivity index (χ0) is 6.41. The van der Waals surface area contributed by atoms with Crippen LogP contribution in [-0.4, -0.2) is 5.97 Å². The second-order valence-corrected chi connectivity index (χ2v) is 1.20. The average Bonchev–Trinajstić information content (AvgIpc) is 1.66. The molecule has 2 nitrogen and oxygen atoms in total. The molecule has 0 fully saturated rings. The van der Waals surface area contributed by atoms with E-state index in [0.717, 1.165) is 6.08 Å². The molecule has 0 spiro atoms. The van der Waals surface area contributed by atoms with Crippen molar-refractivity contribution in [2.45, 2.75) is 6.92 Å². The predicted octanol–water partition coefficient (Wildman–Crippen LogP) is -9.12. The molecule has 0 rings (SSSR count). The van der Waals surface area contributed by atoms with Crippen LogP contribution in [0.4, 0.5) is 0 Å². The quantitative estimate of drug-likeness (QED) is 0.266. The molecule has 0 saturated heterocycles. The second kappa shape index (κ2) is 18.3. The molecule has 0 aromatic carbocycles. The van der Waals surface area contributed by atoms with Gasteiger partial charge >= 0.3 is 103 Å². The number of carboxylic acid groups (broad SMARTS) is 1. The van der Waals surface area contributed by atoms with Gasteiger partial charge in [0.25, 0.3) is 0 Å². The van der Waals surface area contributed by atoms with Gasteiger partial charge in [0, 0.05) is 0 Å². The van der Waals surface area contributed by atoms with Gasteiger partial charge in [0.05, 0.1) is 5.97 Å². The monoisotopic (exact) mass is 224 g/mol. The average molecular weight is 225 g/mol. The van der Waals surface area contributed by atoms with Crippen molar-refractivity contribution in [2.24, 2.45) is 0 Å². The first-order chi connectivity index (χ1) is 3.77. The van der Waals surface area contributed by atoms with Gasteiger partial charge in [-0.25, -0.2) is 0 Å². The first-order valence-corrected chi connectivity index (χ1v) is 2.27. The summed E-state index contributed by atoms with van der Waals surface area (Å²) in [6.07, 6.45) is 5.74. The summed E-state index contributed by atoms with van der Waals surface area (Å²) in [5.74, 6) is -1.16. The number of carboxylic acids is 1. The van der Waals surface area contributed by atoms with E-state index in [9.17, 15) is 9.90 Å². The van der Waals surface area contributed by atoms with E-state index in [2.05, 4.69) is 0 Å². The molecule has 0 radical (unpaired) electrons. The van der Waals surface area contributed by atoms with Crippen molar-refractivity contribution in [1.82, 2.24) is 0 Å². The molecule has 0 N–H and O–H groups in total. The third-order valence-corrected chi connectivity index (χ3v) is 0.536. The van der Waals surface area contributed by atoms with E-state index in [1.54, 1.807) is 19.1 Å². The maximum absolute atomic E-state index is 9.64. The summed E-state index contributed by atoms with van der Waals surface area (Å²) in [6.45, 7) is 1.81. The Balaban J connectivity index is -0.0000000817. The van der Waals surface area contributed by atoms with Crippen LogP contribution >= 0.6 is 0 Å². The topological polar surface area (TPSA) is 40.1 Å². The zero-order valence-electron chi connectivity index (χ0n) is 7.00. The third kappa shape index (κ3) is 24.5. The van der Waals surface area contributed by atoms with Crippen LogP contribution in [0.25, 0.3) is 0 Å². The van der Waals surface area contributed by atoms with Crippen molar-refractivity contribution in [3.05, 3.63) is 24.3 Å². The number of halogens is 1. The molecule has 0 saturated carbocycles. The van der Waals surface area contributed by atoms with Gasteiger partial charge in [-0.3, -0.25) is 0 Å². The molecule has 0 bridgehead atoms. The van der Waals surface area contributed by atoms with Crippen LogP contribution in [-0.2, 0) is 4.79 Å². The summed E-state index contributed by atoms with van der Waals surface area (Å²) >= 11 is 0. The van der Waals surface area contributed by atoms with Gasteiger partial charge in [0.15, 0.2) is 0 Å². The van der Waals surface area contributed by atoms with Crippen molar-refractivity contribution in [3.63, 3.8) is 0 Å². The Labute approximate surface area is 158 Å².